The number of aryl methyl sites for hydroxylation is 1. The Bertz CT molecular complexity index is 1420. The van der Waals surface area contributed by atoms with Gasteiger partial charge in [-0.1, -0.05) is 54.6 Å². The number of aromatic nitrogens is 1. The predicted molar refractivity (Wildman–Crippen MR) is 144 cm³/mol. The van der Waals surface area contributed by atoms with Gasteiger partial charge in [-0.05, 0) is 60.4 Å². The Hall–Kier alpha value is -3.38. The second kappa shape index (κ2) is 9.25. The maximum Gasteiger partial charge on any atom is 0.270 e. The van der Waals surface area contributed by atoms with Crippen LogP contribution in [0, 0.1) is 12.8 Å². The van der Waals surface area contributed by atoms with Crippen molar-refractivity contribution >= 4 is 33.4 Å². The quantitative estimate of drug-likeness (QED) is 0.364. The van der Waals surface area contributed by atoms with Crippen LogP contribution in [0.2, 0.25) is 0 Å². The lowest BCUT2D eigenvalue weighted by atomic mass is 10.1. The van der Waals surface area contributed by atoms with Crippen LogP contribution in [0.3, 0.4) is 0 Å². The van der Waals surface area contributed by atoms with Crippen LogP contribution in [0.4, 0.5) is 0 Å². The van der Waals surface area contributed by atoms with Crippen LogP contribution in [-0.4, -0.2) is 51.9 Å². The molecule has 2 aliphatic rings. The van der Waals surface area contributed by atoms with Crippen molar-refractivity contribution in [3.63, 3.8) is 0 Å². The van der Waals surface area contributed by atoms with E-state index in [1.807, 2.05) is 40.1 Å². The molecule has 1 saturated carbocycles. The molecule has 1 aliphatic carbocycles. The Labute approximate surface area is 215 Å². The Kier molecular flexibility index (Phi) is 5.92. The molecule has 1 aliphatic heterocycles. The third kappa shape index (κ3) is 4.13. The third-order valence-corrected chi connectivity index (χ3v) is 8.80. The molecule has 2 aromatic heterocycles. The molecule has 0 spiro atoms. The number of amides is 2. The summed E-state index contributed by atoms with van der Waals surface area (Å²) in [5, 5.41) is 3.19. The smallest absolute Gasteiger partial charge is 0.270 e. The highest BCUT2D eigenvalue weighted by molar-refractivity contribution is 7.16. The van der Waals surface area contributed by atoms with Crippen molar-refractivity contribution < 1.29 is 9.59 Å². The summed E-state index contributed by atoms with van der Waals surface area (Å²) >= 11 is 1.68. The van der Waals surface area contributed by atoms with Crippen LogP contribution in [0.1, 0.15) is 46.4 Å². The van der Waals surface area contributed by atoms with E-state index in [9.17, 15) is 9.59 Å². The van der Waals surface area contributed by atoms with E-state index in [1.54, 1.807) is 11.3 Å². The molecule has 36 heavy (non-hydrogen) atoms. The van der Waals surface area contributed by atoms with Gasteiger partial charge in [-0.15, -0.1) is 11.3 Å². The fraction of sp³-hybridized carbons (Fsp3) is 0.333. The Morgan fingerprint density at radius 2 is 1.78 bits per heavy atom. The SMILES string of the molecule is Cc1ccccc1Cn1c(C(=O)N2CCN(C(=O)C3C[C@H]3c3ccccc3)C(C)C2)cc2ccsc21. The molecule has 0 bridgehead atoms. The van der Waals surface area contributed by atoms with Crippen molar-refractivity contribution in [2.75, 3.05) is 19.6 Å². The molecule has 0 radical (unpaired) electrons. The standard InChI is InChI=1S/C30H31N3O2S/c1-20-8-6-7-11-24(20)19-33-27(16-23-12-15-36-30(23)33)29(35)31-13-14-32(21(2)18-31)28(34)26-17-25(26)22-9-4-3-5-10-22/h3-12,15-16,21,25-26H,13-14,17-19H2,1-2H3/t21?,25-,26?/m0/s1. The maximum absolute atomic E-state index is 13.8. The Morgan fingerprint density at radius 1 is 1.00 bits per heavy atom. The van der Waals surface area contributed by atoms with Crippen LogP contribution in [-0.2, 0) is 11.3 Å². The van der Waals surface area contributed by atoms with E-state index in [0.29, 0.717) is 32.1 Å². The lowest BCUT2D eigenvalue weighted by Gasteiger charge is -2.40. The van der Waals surface area contributed by atoms with E-state index in [-0.39, 0.29) is 23.8 Å². The van der Waals surface area contributed by atoms with Crippen LogP contribution in [0.25, 0.3) is 10.2 Å². The summed E-state index contributed by atoms with van der Waals surface area (Å²) in [4.78, 5) is 32.1. The zero-order valence-electron chi connectivity index (χ0n) is 20.8. The molecule has 5 nitrogen and oxygen atoms in total. The molecule has 2 amide bonds. The minimum absolute atomic E-state index is 0.00752. The molecule has 2 fully saturated rings. The second-order valence-corrected chi connectivity index (χ2v) is 11.1. The van der Waals surface area contributed by atoms with Crippen molar-refractivity contribution in [3.05, 3.63) is 94.5 Å². The van der Waals surface area contributed by atoms with Crippen LogP contribution in [0.15, 0.2) is 72.1 Å². The summed E-state index contributed by atoms with van der Waals surface area (Å²) < 4.78 is 2.17. The summed E-state index contributed by atoms with van der Waals surface area (Å²) in [6, 6.07) is 22.8. The molecule has 6 rings (SSSR count). The molecule has 184 valence electrons. The van der Waals surface area contributed by atoms with Gasteiger partial charge in [-0.25, -0.2) is 0 Å². The maximum atomic E-state index is 13.8. The minimum Gasteiger partial charge on any atom is -0.336 e. The first-order valence-electron chi connectivity index (χ1n) is 12.8. The Balaban J connectivity index is 1.17. The first-order valence-corrected chi connectivity index (χ1v) is 13.6. The summed E-state index contributed by atoms with van der Waals surface area (Å²) in [5.41, 5.74) is 4.44. The van der Waals surface area contributed by atoms with E-state index in [1.165, 1.54) is 16.7 Å². The number of carbonyl (C=O) groups excluding carboxylic acids is 2. The first kappa shape index (κ1) is 23.0. The summed E-state index contributed by atoms with van der Waals surface area (Å²) in [6.07, 6.45) is 0.928. The fourth-order valence-electron chi connectivity index (χ4n) is 5.65. The average molecular weight is 498 g/mol. The highest BCUT2D eigenvalue weighted by Gasteiger charge is 2.47. The molecule has 3 heterocycles. The van der Waals surface area contributed by atoms with Gasteiger partial charge < -0.3 is 14.4 Å². The topological polar surface area (TPSA) is 45.6 Å². The molecule has 2 unspecified atom stereocenters. The summed E-state index contributed by atoms with van der Waals surface area (Å²) in [5.74, 6) is 0.713. The van der Waals surface area contributed by atoms with Gasteiger partial charge in [-0.2, -0.15) is 0 Å². The molecule has 4 aromatic rings. The number of hydrogen-bond acceptors (Lipinski definition) is 3. The first-order chi connectivity index (χ1) is 17.5. The zero-order valence-corrected chi connectivity index (χ0v) is 21.6. The van der Waals surface area contributed by atoms with E-state index in [4.69, 9.17) is 0 Å². The molecule has 1 saturated heterocycles. The van der Waals surface area contributed by atoms with Gasteiger partial charge in [0, 0.05) is 43.5 Å². The number of rotatable bonds is 5. The number of piperazine rings is 1. The zero-order chi connectivity index (χ0) is 24.8. The van der Waals surface area contributed by atoms with Crippen LogP contribution >= 0.6 is 11.3 Å². The number of nitrogens with zero attached hydrogens (tertiary/aromatic N) is 3. The van der Waals surface area contributed by atoms with E-state index in [2.05, 4.69) is 60.2 Å². The largest absolute Gasteiger partial charge is 0.336 e. The predicted octanol–water partition coefficient (Wildman–Crippen LogP) is 5.54. The summed E-state index contributed by atoms with van der Waals surface area (Å²) in [6.45, 7) is 6.59. The molecule has 2 aromatic carbocycles. The summed E-state index contributed by atoms with van der Waals surface area (Å²) in [7, 11) is 0. The van der Waals surface area contributed by atoms with Gasteiger partial charge in [-0.3, -0.25) is 9.59 Å². The highest BCUT2D eigenvalue weighted by Crippen LogP contribution is 2.48. The molecule has 3 atom stereocenters. The van der Waals surface area contributed by atoms with Crippen LogP contribution in [0.5, 0.6) is 0 Å². The van der Waals surface area contributed by atoms with E-state index in [0.717, 1.165) is 22.3 Å². The molecule has 0 N–H and O–H groups in total. The number of carbonyl (C=O) groups is 2. The van der Waals surface area contributed by atoms with E-state index < -0.39 is 0 Å². The van der Waals surface area contributed by atoms with E-state index >= 15 is 0 Å². The van der Waals surface area contributed by atoms with Crippen molar-refractivity contribution in [2.45, 2.75) is 38.8 Å². The van der Waals surface area contributed by atoms with Gasteiger partial charge in [0.2, 0.25) is 5.91 Å². The van der Waals surface area contributed by atoms with Gasteiger partial charge in [0.25, 0.3) is 5.91 Å². The van der Waals surface area contributed by atoms with Crippen molar-refractivity contribution in [1.82, 2.24) is 14.4 Å². The monoisotopic (exact) mass is 497 g/mol. The van der Waals surface area contributed by atoms with Gasteiger partial charge in [0.15, 0.2) is 0 Å². The lowest BCUT2D eigenvalue weighted by molar-refractivity contribution is -0.136. The van der Waals surface area contributed by atoms with Crippen molar-refractivity contribution in [2.24, 2.45) is 5.92 Å². The average Bonchev–Trinajstić information content (AvgIpc) is 3.44. The normalized spacial score (nSPS) is 21.7. The minimum atomic E-state index is 0.00752. The highest BCUT2D eigenvalue weighted by atomic mass is 32.1. The fourth-order valence-corrected chi connectivity index (χ4v) is 6.54. The number of hydrogen-bond donors (Lipinski definition) is 0. The number of thiophene rings is 1. The van der Waals surface area contributed by atoms with Crippen molar-refractivity contribution in [1.29, 1.82) is 0 Å². The third-order valence-electron chi connectivity index (χ3n) is 7.84. The molecular weight excluding hydrogens is 466 g/mol. The van der Waals surface area contributed by atoms with Gasteiger partial charge >= 0.3 is 0 Å². The number of fused-ring (bicyclic) bond motifs is 1. The second-order valence-electron chi connectivity index (χ2n) is 10.2. The van der Waals surface area contributed by atoms with Gasteiger partial charge in [0.05, 0.1) is 0 Å². The lowest BCUT2D eigenvalue weighted by Crippen LogP contribution is -2.56. The van der Waals surface area contributed by atoms with Crippen LogP contribution < -0.4 is 0 Å². The Morgan fingerprint density at radius 3 is 2.56 bits per heavy atom. The molecule has 6 heteroatoms. The van der Waals surface area contributed by atoms with Gasteiger partial charge in [0.1, 0.15) is 10.5 Å². The van der Waals surface area contributed by atoms with Crippen molar-refractivity contribution in [3.8, 4) is 0 Å². The molecular formula is C30H31N3O2S. The number of benzene rings is 2.